The van der Waals surface area contributed by atoms with Gasteiger partial charge in [-0.15, -0.1) is 0 Å². The summed E-state index contributed by atoms with van der Waals surface area (Å²) >= 11 is 0. The normalized spacial score (nSPS) is 12.5. The third-order valence-electron chi connectivity index (χ3n) is 2.16. The van der Waals surface area contributed by atoms with Crippen molar-refractivity contribution in [3.63, 3.8) is 0 Å². The van der Waals surface area contributed by atoms with Gasteiger partial charge < -0.3 is 9.47 Å². The third kappa shape index (κ3) is 3.63. The van der Waals surface area contributed by atoms with Crippen molar-refractivity contribution in [3.8, 4) is 0 Å². The minimum Gasteiger partial charge on any atom is -0.338 e. The molecule has 0 atom stereocenters. The summed E-state index contributed by atoms with van der Waals surface area (Å²) in [6, 6.07) is 0. The van der Waals surface area contributed by atoms with Crippen molar-refractivity contribution in [2.24, 2.45) is 0 Å². The summed E-state index contributed by atoms with van der Waals surface area (Å²) in [7, 11) is 0. The summed E-state index contributed by atoms with van der Waals surface area (Å²) in [5.74, 6) is -0.549. The van der Waals surface area contributed by atoms with Gasteiger partial charge in [-0.05, 0) is 13.8 Å². The molecule has 0 amide bonds. The van der Waals surface area contributed by atoms with Crippen molar-refractivity contribution in [1.29, 1.82) is 0 Å². The van der Waals surface area contributed by atoms with E-state index in [-0.39, 0.29) is 0 Å². The summed E-state index contributed by atoms with van der Waals surface area (Å²) in [5.41, 5.74) is 0. The number of hydrogen-bond donors (Lipinski definition) is 0. The molecule has 0 saturated heterocycles. The molecule has 3 heteroatoms. The highest BCUT2D eigenvalue weighted by Crippen LogP contribution is 2.17. The van der Waals surface area contributed by atoms with Crippen LogP contribution < -0.4 is 0 Å². The Balaban J connectivity index is 4.33. The van der Waals surface area contributed by atoms with Crippen LogP contribution in [-0.2, 0) is 9.47 Å². The van der Waals surface area contributed by atoms with Gasteiger partial charge in [0.15, 0.2) is 0 Å². The average Bonchev–Trinajstić information content (AvgIpc) is 2.07. The first-order chi connectivity index (χ1) is 6.14. The molecule has 80 valence electrons. The first-order valence-corrected chi connectivity index (χ1v) is 5.17. The lowest BCUT2D eigenvalue weighted by Gasteiger charge is -2.38. The van der Waals surface area contributed by atoms with E-state index < -0.39 is 5.91 Å². The molecule has 0 saturated carbocycles. The minimum absolute atomic E-state index is 0.549. The van der Waals surface area contributed by atoms with Crippen molar-refractivity contribution >= 4 is 0 Å². The predicted molar refractivity (Wildman–Crippen MR) is 54.6 cm³/mol. The van der Waals surface area contributed by atoms with Crippen LogP contribution in [0.2, 0.25) is 0 Å². The van der Waals surface area contributed by atoms with Gasteiger partial charge in [0.1, 0.15) is 0 Å². The van der Waals surface area contributed by atoms with Crippen LogP contribution in [0.25, 0.3) is 0 Å². The topological polar surface area (TPSA) is 21.7 Å². The highest BCUT2D eigenvalue weighted by Gasteiger charge is 2.30. The summed E-state index contributed by atoms with van der Waals surface area (Å²) in [5, 5.41) is 0. The number of rotatable bonds is 7. The molecule has 3 nitrogen and oxygen atoms in total. The van der Waals surface area contributed by atoms with E-state index in [0.29, 0.717) is 13.2 Å². The molecule has 0 fully saturated rings. The summed E-state index contributed by atoms with van der Waals surface area (Å²) in [6.07, 6.45) is 0. The molecule has 0 aliphatic heterocycles. The first kappa shape index (κ1) is 12.9. The maximum absolute atomic E-state index is 5.62. The Hall–Kier alpha value is -0.120. The van der Waals surface area contributed by atoms with E-state index in [4.69, 9.17) is 9.47 Å². The van der Waals surface area contributed by atoms with E-state index in [2.05, 4.69) is 18.7 Å². The van der Waals surface area contributed by atoms with Crippen LogP contribution in [0.5, 0.6) is 0 Å². The lowest BCUT2D eigenvalue weighted by atomic mass is 10.4. The van der Waals surface area contributed by atoms with E-state index in [0.717, 1.165) is 13.1 Å². The van der Waals surface area contributed by atoms with Gasteiger partial charge >= 0.3 is 0 Å². The highest BCUT2D eigenvalue weighted by molar-refractivity contribution is 4.64. The van der Waals surface area contributed by atoms with Crippen molar-refractivity contribution in [3.05, 3.63) is 0 Å². The zero-order chi connectivity index (χ0) is 10.3. The fourth-order valence-electron chi connectivity index (χ4n) is 1.56. The van der Waals surface area contributed by atoms with Crippen LogP contribution >= 0.6 is 0 Å². The van der Waals surface area contributed by atoms with E-state index >= 15 is 0 Å². The number of nitrogens with zero attached hydrogens (tertiary/aromatic N) is 1. The van der Waals surface area contributed by atoms with Crippen LogP contribution in [0.4, 0.5) is 0 Å². The lowest BCUT2D eigenvalue weighted by molar-refractivity contribution is -0.302. The second-order valence-electron chi connectivity index (χ2n) is 2.94. The molecule has 0 unspecified atom stereocenters. The van der Waals surface area contributed by atoms with Crippen LogP contribution in [-0.4, -0.2) is 37.1 Å². The Morgan fingerprint density at radius 1 is 0.923 bits per heavy atom. The van der Waals surface area contributed by atoms with E-state index in [9.17, 15) is 0 Å². The van der Waals surface area contributed by atoms with Crippen LogP contribution in [0.3, 0.4) is 0 Å². The molecular weight excluding hydrogens is 166 g/mol. The third-order valence-corrected chi connectivity index (χ3v) is 2.16. The van der Waals surface area contributed by atoms with Gasteiger partial charge in [-0.1, -0.05) is 13.8 Å². The molecule has 13 heavy (non-hydrogen) atoms. The molecule has 0 aliphatic rings. The Morgan fingerprint density at radius 3 is 1.54 bits per heavy atom. The molecule has 0 rings (SSSR count). The number of ether oxygens (including phenoxy) is 2. The van der Waals surface area contributed by atoms with Gasteiger partial charge in [-0.3, -0.25) is 4.90 Å². The van der Waals surface area contributed by atoms with E-state index in [1.165, 1.54) is 0 Å². The van der Waals surface area contributed by atoms with Gasteiger partial charge in [0.2, 0.25) is 5.91 Å². The van der Waals surface area contributed by atoms with Crippen LogP contribution in [0, 0.1) is 0 Å². The quantitative estimate of drug-likeness (QED) is 0.572. The second kappa shape index (κ2) is 6.35. The zero-order valence-corrected chi connectivity index (χ0v) is 9.59. The molecular formula is C10H23NO2. The van der Waals surface area contributed by atoms with Crippen molar-refractivity contribution < 1.29 is 9.47 Å². The van der Waals surface area contributed by atoms with Gasteiger partial charge in [-0.25, -0.2) is 0 Å². The monoisotopic (exact) mass is 189 g/mol. The lowest BCUT2D eigenvalue weighted by Crippen LogP contribution is -2.50. The largest absolute Gasteiger partial charge is 0.338 e. The fourth-order valence-corrected chi connectivity index (χ4v) is 1.56. The van der Waals surface area contributed by atoms with Gasteiger partial charge in [0.25, 0.3) is 0 Å². The molecule has 0 spiro atoms. The van der Waals surface area contributed by atoms with Crippen molar-refractivity contribution in [2.45, 2.75) is 40.5 Å². The van der Waals surface area contributed by atoms with Crippen molar-refractivity contribution in [2.75, 3.05) is 26.3 Å². The molecule has 0 N–H and O–H groups in total. The predicted octanol–water partition coefficient (Wildman–Crippen LogP) is 2.07. The SMILES string of the molecule is CCOC(C)(OCC)N(CC)CC. The Kier molecular flexibility index (Phi) is 6.29. The maximum Gasteiger partial charge on any atom is 0.226 e. The van der Waals surface area contributed by atoms with E-state index in [1.807, 2.05) is 20.8 Å². The Labute approximate surface area is 82.0 Å². The summed E-state index contributed by atoms with van der Waals surface area (Å²) in [6.45, 7) is 13.4. The standard InChI is InChI=1S/C10H23NO2/c1-6-11(7-2)10(5,12-8-3)13-9-4/h6-9H2,1-5H3. The highest BCUT2D eigenvalue weighted by atomic mass is 16.7. The molecule has 0 aliphatic carbocycles. The second-order valence-corrected chi connectivity index (χ2v) is 2.94. The van der Waals surface area contributed by atoms with Gasteiger partial charge in [-0.2, -0.15) is 0 Å². The number of hydrogen-bond acceptors (Lipinski definition) is 3. The average molecular weight is 189 g/mol. The van der Waals surface area contributed by atoms with Crippen molar-refractivity contribution in [1.82, 2.24) is 4.90 Å². The molecule has 0 heterocycles. The molecule has 0 aromatic carbocycles. The van der Waals surface area contributed by atoms with Gasteiger partial charge in [0.05, 0.1) is 0 Å². The maximum atomic E-state index is 5.62. The summed E-state index contributed by atoms with van der Waals surface area (Å²) < 4.78 is 11.2. The van der Waals surface area contributed by atoms with Crippen LogP contribution in [0.15, 0.2) is 0 Å². The molecule has 0 bridgehead atoms. The van der Waals surface area contributed by atoms with E-state index in [1.54, 1.807) is 0 Å². The zero-order valence-electron chi connectivity index (χ0n) is 9.59. The van der Waals surface area contributed by atoms with Crippen LogP contribution in [0.1, 0.15) is 34.6 Å². The minimum atomic E-state index is -0.549. The smallest absolute Gasteiger partial charge is 0.226 e. The Morgan fingerprint density at radius 2 is 1.31 bits per heavy atom. The fraction of sp³-hybridized carbons (Fsp3) is 1.00. The Bertz CT molecular complexity index is 118. The molecule has 0 radical (unpaired) electrons. The molecule has 0 aromatic rings. The summed E-state index contributed by atoms with van der Waals surface area (Å²) in [4.78, 5) is 2.17. The van der Waals surface area contributed by atoms with Gasteiger partial charge in [0, 0.05) is 33.2 Å². The first-order valence-electron chi connectivity index (χ1n) is 5.17. The molecule has 0 aromatic heterocycles.